The quantitative estimate of drug-likeness (QED) is 0.876. The number of nitrogens with one attached hydrogen (secondary N) is 1. The molecule has 3 aliphatic rings. The molecule has 6 atom stereocenters. The summed E-state index contributed by atoms with van der Waals surface area (Å²) in [6.45, 7) is 0.386. The Balaban J connectivity index is 1.37. The molecule has 0 spiro atoms. The van der Waals surface area contributed by atoms with Crippen molar-refractivity contribution in [3.8, 4) is 0 Å². The van der Waals surface area contributed by atoms with Gasteiger partial charge in [0.05, 0.1) is 6.61 Å². The molecule has 6 nitrogen and oxygen atoms in total. The van der Waals surface area contributed by atoms with Crippen LogP contribution in [-0.4, -0.2) is 42.5 Å². The molecule has 2 aromatic rings. The van der Waals surface area contributed by atoms with Gasteiger partial charge < -0.3 is 24.3 Å². The monoisotopic (exact) mass is 385 g/mol. The largest absolute Gasteiger partial charge is 0.441 e. The number of amides is 1. The zero-order valence-electron chi connectivity index (χ0n) is 14.4. The fourth-order valence-electron chi connectivity index (χ4n) is 3.67. The molecule has 140 valence electrons. The highest BCUT2D eigenvalue weighted by molar-refractivity contribution is 7.99. The predicted molar refractivity (Wildman–Crippen MR) is 98.2 cm³/mol. The third kappa shape index (κ3) is 3.32. The summed E-state index contributed by atoms with van der Waals surface area (Å²) in [6, 6.07) is 19.4. The Bertz CT molecular complexity index is 805. The second-order valence-electron chi connectivity index (χ2n) is 6.69. The number of fused-ring (bicyclic) bond motifs is 3. The van der Waals surface area contributed by atoms with Crippen LogP contribution >= 0.6 is 11.8 Å². The summed E-state index contributed by atoms with van der Waals surface area (Å²) in [6.07, 6.45) is -2.00. The lowest BCUT2D eigenvalue weighted by Gasteiger charge is -2.45. The Morgan fingerprint density at radius 3 is 2.44 bits per heavy atom. The molecule has 0 aromatic heterocycles. The van der Waals surface area contributed by atoms with E-state index in [0.29, 0.717) is 6.61 Å². The lowest BCUT2D eigenvalue weighted by molar-refractivity contribution is -0.300. The summed E-state index contributed by atoms with van der Waals surface area (Å²) in [5.41, 5.74) is 0.663. The lowest BCUT2D eigenvalue weighted by Crippen LogP contribution is -2.61. The van der Waals surface area contributed by atoms with Crippen LogP contribution in [0.15, 0.2) is 65.6 Å². The smallest absolute Gasteiger partial charge is 0.408 e. The molecule has 27 heavy (non-hydrogen) atoms. The molecule has 3 aliphatic heterocycles. The Hall–Kier alpha value is -2.06. The van der Waals surface area contributed by atoms with Crippen molar-refractivity contribution in [1.82, 2.24) is 5.32 Å². The average molecular weight is 385 g/mol. The van der Waals surface area contributed by atoms with Crippen LogP contribution in [0.3, 0.4) is 0 Å². The van der Waals surface area contributed by atoms with E-state index in [2.05, 4.69) is 5.32 Å². The number of thioether (sulfide) groups is 1. The zero-order valence-corrected chi connectivity index (χ0v) is 15.2. The Labute approximate surface area is 161 Å². The zero-order chi connectivity index (χ0) is 18.2. The van der Waals surface area contributed by atoms with E-state index < -0.39 is 18.5 Å². The van der Waals surface area contributed by atoms with Crippen molar-refractivity contribution in [2.45, 2.75) is 41.0 Å². The van der Waals surface area contributed by atoms with E-state index >= 15 is 0 Å². The van der Waals surface area contributed by atoms with Gasteiger partial charge in [0.2, 0.25) is 0 Å². The number of hydrogen-bond donors (Lipinski definition) is 1. The van der Waals surface area contributed by atoms with Crippen LogP contribution in [-0.2, 0) is 18.9 Å². The van der Waals surface area contributed by atoms with E-state index in [9.17, 15) is 4.79 Å². The van der Waals surface area contributed by atoms with Gasteiger partial charge in [0.15, 0.2) is 12.4 Å². The molecule has 1 unspecified atom stereocenters. The van der Waals surface area contributed by atoms with Gasteiger partial charge in [-0.2, -0.15) is 0 Å². The highest BCUT2D eigenvalue weighted by atomic mass is 32.2. The minimum Gasteiger partial charge on any atom is -0.441 e. The molecular formula is C20H19NO5S. The summed E-state index contributed by atoms with van der Waals surface area (Å²) in [5.74, 6) is 0. The molecule has 0 aliphatic carbocycles. The van der Waals surface area contributed by atoms with E-state index in [4.69, 9.17) is 18.9 Å². The first-order chi connectivity index (χ1) is 13.3. The topological polar surface area (TPSA) is 66.0 Å². The summed E-state index contributed by atoms with van der Waals surface area (Å²) in [4.78, 5) is 13.0. The van der Waals surface area contributed by atoms with Gasteiger partial charge in [-0.3, -0.25) is 0 Å². The highest BCUT2D eigenvalue weighted by Crippen LogP contribution is 2.41. The second-order valence-corrected chi connectivity index (χ2v) is 7.86. The van der Waals surface area contributed by atoms with Gasteiger partial charge in [0.25, 0.3) is 0 Å². The number of carbonyl (C=O) groups is 1. The van der Waals surface area contributed by atoms with Crippen molar-refractivity contribution in [1.29, 1.82) is 0 Å². The molecule has 5 rings (SSSR count). The van der Waals surface area contributed by atoms with Crippen molar-refractivity contribution in [2.75, 3.05) is 6.61 Å². The van der Waals surface area contributed by atoms with Gasteiger partial charge in [-0.15, -0.1) is 0 Å². The number of alkyl carbamates (subject to hydrolysis) is 1. The van der Waals surface area contributed by atoms with Gasteiger partial charge in [0.1, 0.15) is 23.7 Å². The molecule has 0 saturated carbocycles. The van der Waals surface area contributed by atoms with Crippen LogP contribution in [0.2, 0.25) is 0 Å². The number of hydrogen-bond acceptors (Lipinski definition) is 6. The molecule has 0 radical (unpaired) electrons. The van der Waals surface area contributed by atoms with Crippen LogP contribution in [0.4, 0.5) is 4.79 Å². The number of ether oxygens (including phenoxy) is 4. The van der Waals surface area contributed by atoms with E-state index in [1.165, 1.54) is 0 Å². The van der Waals surface area contributed by atoms with Gasteiger partial charge in [-0.25, -0.2) is 4.79 Å². The third-order valence-electron chi connectivity index (χ3n) is 4.93. The van der Waals surface area contributed by atoms with E-state index in [1.807, 2.05) is 60.7 Å². The van der Waals surface area contributed by atoms with E-state index in [-0.39, 0.29) is 23.7 Å². The summed E-state index contributed by atoms with van der Waals surface area (Å²) >= 11 is 1.57. The molecule has 3 heterocycles. The highest BCUT2D eigenvalue weighted by Gasteiger charge is 2.55. The molecule has 2 aromatic carbocycles. The van der Waals surface area contributed by atoms with Gasteiger partial charge in [-0.05, 0) is 12.1 Å². The number of rotatable bonds is 3. The summed E-state index contributed by atoms with van der Waals surface area (Å²) < 4.78 is 23.9. The van der Waals surface area contributed by atoms with Crippen molar-refractivity contribution >= 4 is 17.9 Å². The molecule has 3 fully saturated rings. The normalized spacial score (nSPS) is 34.9. The first kappa shape index (κ1) is 17.1. The van der Waals surface area contributed by atoms with Crippen LogP contribution in [0.1, 0.15) is 11.9 Å². The van der Waals surface area contributed by atoms with Crippen LogP contribution < -0.4 is 5.32 Å². The second kappa shape index (κ2) is 7.16. The van der Waals surface area contributed by atoms with Crippen molar-refractivity contribution in [3.63, 3.8) is 0 Å². The Kier molecular flexibility index (Phi) is 4.53. The van der Waals surface area contributed by atoms with Crippen LogP contribution in [0, 0.1) is 0 Å². The standard InChI is InChI=1S/C20H19NO5S/c22-20-21-15-17(26-20)16-14(24-19(15)27-13-9-5-2-6-10-13)11-23-18(25-16)12-7-3-1-4-8-12/h1-10,14-19H,11H2,(H,21,22)/t14-,15-,16-,17-,18?,19+/m1/s1. The molecule has 3 saturated heterocycles. The lowest BCUT2D eigenvalue weighted by atomic mass is 9.97. The number of carbonyl (C=O) groups excluding carboxylic acids is 1. The maximum absolute atomic E-state index is 11.9. The maximum atomic E-state index is 11.9. The first-order valence-corrected chi connectivity index (χ1v) is 9.82. The van der Waals surface area contributed by atoms with Crippen LogP contribution in [0.5, 0.6) is 0 Å². The maximum Gasteiger partial charge on any atom is 0.408 e. The first-order valence-electron chi connectivity index (χ1n) is 8.94. The fourth-order valence-corrected chi connectivity index (χ4v) is 4.82. The van der Waals surface area contributed by atoms with E-state index in [1.54, 1.807) is 11.8 Å². The van der Waals surface area contributed by atoms with Gasteiger partial charge in [0, 0.05) is 10.5 Å². The van der Waals surface area contributed by atoms with Crippen LogP contribution in [0.25, 0.3) is 0 Å². The average Bonchev–Trinajstić information content (AvgIpc) is 3.11. The molecule has 1 N–H and O–H groups in total. The summed E-state index contributed by atoms with van der Waals surface area (Å²) in [5, 5.41) is 2.89. The Morgan fingerprint density at radius 1 is 0.926 bits per heavy atom. The SMILES string of the molecule is O=C1N[C@@H]2[C@@H](O1)[C@@H]1OC(c3ccccc3)OC[C@H]1O[C@H]2Sc1ccccc1. The molecule has 7 heteroatoms. The molecule has 1 amide bonds. The van der Waals surface area contributed by atoms with Crippen molar-refractivity contribution in [2.24, 2.45) is 0 Å². The molecule has 0 bridgehead atoms. The molecular weight excluding hydrogens is 366 g/mol. The Morgan fingerprint density at radius 2 is 1.67 bits per heavy atom. The van der Waals surface area contributed by atoms with Crippen molar-refractivity contribution < 1.29 is 23.7 Å². The van der Waals surface area contributed by atoms with E-state index in [0.717, 1.165) is 10.5 Å². The third-order valence-corrected chi connectivity index (χ3v) is 6.11. The van der Waals surface area contributed by atoms with Crippen molar-refractivity contribution in [3.05, 3.63) is 66.2 Å². The number of benzene rings is 2. The summed E-state index contributed by atoms with van der Waals surface area (Å²) in [7, 11) is 0. The van der Waals surface area contributed by atoms with Gasteiger partial charge >= 0.3 is 6.09 Å². The van der Waals surface area contributed by atoms with Gasteiger partial charge in [-0.1, -0.05) is 60.3 Å². The predicted octanol–water partition coefficient (Wildman–Crippen LogP) is 3.09. The minimum absolute atomic E-state index is 0.273. The minimum atomic E-state index is -0.491. The fraction of sp³-hybridized carbons (Fsp3) is 0.350.